The molecule has 2 atom stereocenters. The van der Waals surface area contributed by atoms with Gasteiger partial charge in [0.15, 0.2) is 0 Å². The van der Waals surface area contributed by atoms with Gasteiger partial charge in [0.1, 0.15) is 5.75 Å². The van der Waals surface area contributed by atoms with Crippen LogP contribution in [0.25, 0.3) is 0 Å². The van der Waals surface area contributed by atoms with E-state index in [1.165, 1.54) is 11.1 Å². The number of benzene rings is 2. The second-order valence-electron chi connectivity index (χ2n) is 7.55. The van der Waals surface area contributed by atoms with Gasteiger partial charge in [0, 0.05) is 17.0 Å². The molecule has 0 N–H and O–H groups in total. The molecule has 1 heterocycles. The van der Waals surface area contributed by atoms with E-state index < -0.39 is 0 Å². The zero-order chi connectivity index (χ0) is 19.5. The third-order valence-electron chi connectivity index (χ3n) is 5.20. The smallest absolute Gasteiger partial charge is 0.219 e. The number of nitrogens with zero attached hydrogens (tertiary/aromatic N) is 1. The molecule has 4 rings (SSSR count). The highest BCUT2D eigenvalue weighted by atomic mass is 35.5. The van der Waals surface area contributed by atoms with Crippen molar-refractivity contribution in [1.82, 2.24) is 4.98 Å². The summed E-state index contributed by atoms with van der Waals surface area (Å²) in [4.78, 5) is 4.59. The Morgan fingerprint density at radius 3 is 2.64 bits per heavy atom. The first kappa shape index (κ1) is 19.0. The van der Waals surface area contributed by atoms with Crippen molar-refractivity contribution in [3.8, 4) is 11.6 Å². The van der Waals surface area contributed by atoms with Crippen LogP contribution in [0.4, 0.5) is 0 Å². The van der Waals surface area contributed by atoms with Gasteiger partial charge in [0.2, 0.25) is 5.88 Å². The quantitative estimate of drug-likeness (QED) is 0.485. The van der Waals surface area contributed by atoms with Crippen molar-refractivity contribution in [3.63, 3.8) is 0 Å². The number of fused-ring (bicyclic) bond motifs is 1. The molecule has 4 heteroatoms. The Kier molecular flexibility index (Phi) is 5.65. The molecule has 3 nitrogen and oxygen atoms in total. The molecule has 0 aliphatic heterocycles. The molecule has 0 saturated carbocycles. The van der Waals surface area contributed by atoms with Crippen LogP contribution < -0.4 is 4.74 Å². The Balaban J connectivity index is 1.45. The van der Waals surface area contributed by atoms with Crippen molar-refractivity contribution in [1.29, 1.82) is 0 Å². The molecular weight excluding hydrogens is 370 g/mol. The molecular formula is C24H24ClNO2. The summed E-state index contributed by atoms with van der Waals surface area (Å²) in [5.74, 6) is 2.22. The topological polar surface area (TPSA) is 31.4 Å². The predicted octanol–water partition coefficient (Wildman–Crippen LogP) is 6.41. The second kappa shape index (κ2) is 8.34. The van der Waals surface area contributed by atoms with Crippen LogP contribution in [0.15, 0.2) is 66.7 Å². The highest BCUT2D eigenvalue weighted by molar-refractivity contribution is 6.30. The molecule has 3 aromatic rings. The highest BCUT2D eigenvalue weighted by Gasteiger charge is 2.35. The number of halogens is 1. The van der Waals surface area contributed by atoms with Crippen molar-refractivity contribution in [2.24, 2.45) is 5.92 Å². The summed E-state index contributed by atoms with van der Waals surface area (Å²) in [6.45, 7) is 4.95. The van der Waals surface area contributed by atoms with E-state index in [1.807, 2.05) is 54.6 Å². The lowest BCUT2D eigenvalue weighted by atomic mass is 9.88. The largest absolute Gasteiger partial charge is 0.439 e. The third kappa shape index (κ3) is 4.21. The van der Waals surface area contributed by atoms with Crippen LogP contribution in [0.5, 0.6) is 11.6 Å². The number of rotatable bonds is 6. The maximum Gasteiger partial charge on any atom is 0.219 e. The van der Waals surface area contributed by atoms with Crippen LogP contribution in [0.3, 0.4) is 0 Å². The highest BCUT2D eigenvalue weighted by Crippen LogP contribution is 2.41. The lowest BCUT2D eigenvalue weighted by Gasteiger charge is -2.24. The molecule has 2 aromatic carbocycles. The molecule has 1 aliphatic carbocycles. The lowest BCUT2D eigenvalue weighted by molar-refractivity contribution is 0.0187. The van der Waals surface area contributed by atoms with Crippen molar-refractivity contribution in [2.45, 2.75) is 38.9 Å². The van der Waals surface area contributed by atoms with Gasteiger partial charge in [-0.3, -0.25) is 0 Å². The number of para-hydroxylation sites is 1. The van der Waals surface area contributed by atoms with E-state index in [1.54, 1.807) is 0 Å². The summed E-state index contributed by atoms with van der Waals surface area (Å²) in [5, 5.41) is 0.786. The van der Waals surface area contributed by atoms with Crippen molar-refractivity contribution < 1.29 is 9.47 Å². The van der Waals surface area contributed by atoms with Crippen LogP contribution in [-0.4, -0.2) is 11.1 Å². The molecule has 2 unspecified atom stereocenters. The average molecular weight is 394 g/mol. The SMILES string of the molecule is CC(C)C1c2ccc(Cl)cc2CC1OCc1cccc(Oc2ccccc2)n1. The van der Waals surface area contributed by atoms with Gasteiger partial charge in [0.05, 0.1) is 18.4 Å². The van der Waals surface area contributed by atoms with Gasteiger partial charge in [-0.15, -0.1) is 0 Å². The monoisotopic (exact) mass is 393 g/mol. The fraction of sp³-hybridized carbons (Fsp3) is 0.292. The van der Waals surface area contributed by atoms with Gasteiger partial charge in [-0.2, -0.15) is 0 Å². The fourth-order valence-corrected chi connectivity index (χ4v) is 4.16. The van der Waals surface area contributed by atoms with E-state index in [0.29, 0.717) is 24.3 Å². The summed E-state index contributed by atoms with van der Waals surface area (Å²) in [6.07, 6.45) is 1.02. The Labute approximate surface area is 171 Å². The Morgan fingerprint density at radius 1 is 1.04 bits per heavy atom. The molecule has 0 spiro atoms. The summed E-state index contributed by atoms with van der Waals surface area (Å²) in [7, 11) is 0. The molecule has 144 valence electrons. The van der Waals surface area contributed by atoms with Crippen LogP contribution in [0.1, 0.15) is 36.6 Å². The van der Waals surface area contributed by atoms with Gasteiger partial charge in [-0.25, -0.2) is 4.98 Å². The van der Waals surface area contributed by atoms with Gasteiger partial charge in [-0.1, -0.05) is 55.8 Å². The van der Waals surface area contributed by atoms with E-state index in [-0.39, 0.29) is 6.10 Å². The first-order chi connectivity index (χ1) is 13.6. The van der Waals surface area contributed by atoms with E-state index in [4.69, 9.17) is 21.1 Å². The van der Waals surface area contributed by atoms with Gasteiger partial charge in [0.25, 0.3) is 0 Å². The number of ether oxygens (including phenoxy) is 2. The fourth-order valence-electron chi connectivity index (χ4n) is 3.97. The van der Waals surface area contributed by atoms with E-state index in [2.05, 4.69) is 31.0 Å². The Hall–Kier alpha value is -2.36. The number of hydrogen-bond acceptors (Lipinski definition) is 3. The molecule has 1 aliphatic rings. The van der Waals surface area contributed by atoms with Gasteiger partial charge >= 0.3 is 0 Å². The minimum atomic E-state index is 0.133. The lowest BCUT2D eigenvalue weighted by Crippen LogP contribution is -2.22. The van der Waals surface area contributed by atoms with E-state index in [0.717, 1.165) is 22.9 Å². The maximum absolute atomic E-state index is 6.33. The van der Waals surface area contributed by atoms with E-state index >= 15 is 0 Å². The first-order valence-corrected chi connectivity index (χ1v) is 10.1. The van der Waals surface area contributed by atoms with Crippen LogP contribution >= 0.6 is 11.6 Å². The van der Waals surface area contributed by atoms with Crippen molar-refractivity contribution in [2.75, 3.05) is 0 Å². The van der Waals surface area contributed by atoms with Crippen LogP contribution in [-0.2, 0) is 17.8 Å². The minimum absolute atomic E-state index is 0.133. The molecule has 0 radical (unpaired) electrons. The van der Waals surface area contributed by atoms with Crippen molar-refractivity contribution in [3.05, 3.63) is 88.6 Å². The molecule has 0 fully saturated rings. The molecule has 0 bridgehead atoms. The molecule has 28 heavy (non-hydrogen) atoms. The molecule has 1 aromatic heterocycles. The van der Waals surface area contributed by atoms with E-state index in [9.17, 15) is 0 Å². The minimum Gasteiger partial charge on any atom is -0.439 e. The number of hydrogen-bond donors (Lipinski definition) is 0. The predicted molar refractivity (Wildman–Crippen MR) is 112 cm³/mol. The van der Waals surface area contributed by atoms with Crippen LogP contribution in [0, 0.1) is 5.92 Å². The number of pyridine rings is 1. The van der Waals surface area contributed by atoms with Crippen molar-refractivity contribution >= 4 is 11.6 Å². The summed E-state index contributed by atoms with van der Waals surface area (Å²) in [5.41, 5.74) is 3.52. The maximum atomic E-state index is 6.33. The normalized spacial score (nSPS) is 18.3. The first-order valence-electron chi connectivity index (χ1n) is 9.69. The Morgan fingerprint density at radius 2 is 1.86 bits per heavy atom. The third-order valence-corrected chi connectivity index (χ3v) is 5.43. The summed E-state index contributed by atoms with van der Waals surface area (Å²) >= 11 is 6.19. The molecule has 0 amide bonds. The molecule has 0 saturated heterocycles. The van der Waals surface area contributed by atoms with Gasteiger partial charge in [-0.05, 0) is 53.8 Å². The average Bonchev–Trinajstić information content (AvgIpc) is 3.05. The Bertz CT molecular complexity index is 942. The summed E-state index contributed by atoms with van der Waals surface area (Å²) in [6, 6.07) is 21.7. The zero-order valence-electron chi connectivity index (χ0n) is 16.1. The van der Waals surface area contributed by atoms with Gasteiger partial charge < -0.3 is 9.47 Å². The number of aromatic nitrogens is 1. The zero-order valence-corrected chi connectivity index (χ0v) is 16.9. The second-order valence-corrected chi connectivity index (χ2v) is 7.99. The summed E-state index contributed by atoms with van der Waals surface area (Å²) < 4.78 is 12.2. The van der Waals surface area contributed by atoms with Crippen LogP contribution in [0.2, 0.25) is 5.02 Å². The standard InChI is InChI=1S/C24H24ClNO2/c1-16(2)24-21-12-11-18(25)13-17(21)14-22(24)27-15-19-7-6-10-23(26-19)28-20-8-4-3-5-9-20/h3-13,16,22,24H,14-15H2,1-2H3.